The molecule has 1 N–H and O–H groups in total. The van der Waals surface area contributed by atoms with Crippen LogP contribution in [0.4, 0.5) is 0 Å². The summed E-state index contributed by atoms with van der Waals surface area (Å²) in [6.45, 7) is 5.63. The number of aliphatic hydroxyl groups excluding tert-OH is 1. The van der Waals surface area contributed by atoms with E-state index in [2.05, 4.69) is 5.16 Å². The van der Waals surface area contributed by atoms with Gasteiger partial charge < -0.3 is 24.5 Å². The first-order valence-electron chi connectivity index (χ1n) is 11.1. The fourth-order valence-electron chi connectivity index (χ4n) is 3.56. The summed E-state index contributed by atoms with van der Waals surface area (Å²) in [5.74, 6) is 0.155. The molecule has 0 radical (unpaired) electrons. The van der Waals surface area contributed by atoms with Gasteiger partial charge in [0.1, 0.15) is 19.0 Å². The van der Waals surface area contributed by atoms with Crippen LogP contribution in [0.3, 0.4) is 0 Å². The van der Waals surface area contributed by atoms with Crippen LogP contribution in [-0.4, -0.2) is 71.8 Å². The van der Waals surface area contributed by atoms with Gasteiger partial charge in [-0.3, -0.25) is 9.59 Å². The standard InChI is InChI=1S/C25H31N3O5/c1-3-23(26-33-17-21-7-5-4-6-19(21)2)20-8-10-22(11-9-20)32-18-25(31)28-14-12-27(13-15-28)24(30)16-29/h4-11,29H,3,12-18H2,1-2H3/b26-23+. The van der Waals surface area contributed by atoms with Gasteiger partial charge in [-0.25, -0.2) is 0 Å². The second kappa shape index (κ2) is 12.0. The van der Waals surface area contributed by atoms with Gasteiger partial charge in [0.15, 0.2) is 6.61 Å². The molecule has 2 aromatic carbocycles. The number of aliphatic hydroxyl groups is 1. The van der Waals surface area contributed by atoms with Crippen LogP contribution in [0, 0.1) is 6.92 Å². The Hall–Kier alpha value is -3.39. The molecule has 0 atom stereocenters. The first kappa shape index (κ1) is 24.3. The molecule has 0 aromatic heterocycles. The number of piperazine rings is 1. The molecule has 0 aliphatic carbocycles. The van der Waals surface area contributed by atoms with Crippen LogP contribution < -0.4 is 4.74 Å². The summed E-state index contributed by atoms with van der Waals surface area (Å²) in [6, 6.07) is 15.5. The summed E-state index contributed by atoms with van der Waals surface area (Å²) in [6.07, 6.45) is 0.719. The van der Waals surface area contributed by atoms with Crippen molar-refractivity contribution >= 4 is 17.5 Å². The van der Waals surface area contributed by atoms with Gasteiger partial charge in [-0.15, -0.1) is 0 Å². The van der Waals surface area contributed by atoms with Crippen LogP contribution in [0.5, 0.6) is 5.75 Å². The molecule has 1 aliphatic rings. The SMILES string of the molecule is CC/C(=N\OCc1ccccc1C)c1ccc(OCC(=O)N2CCN(C(=O)CO)CC2)cc1. The average molecular weight is 454 g/mol. The number of carbonyl (C=O) groups excluding carboxylic acids is 2. The summed E-state index contributed by atoms with van der Waals surface area (Å²) in [5, 5.41) is 13.2. The van der Waals surface area contributed by atoms with E-state index in [0.717, 1.165) is 23.3 Å². The molecule has 8 nitrogen and oxygen atoms in total. The van der Waals surface area contributed by atoms with Gasteiger partial charge in [-0.1, -0.05) is 36.3 Å². The Kier molecular flexibility index (Phi) is 8.83. The molecule has 33 heavy (non-hydrogen) atoms. The van der Waals surface area contributed by atoms with Crippen molar-refractivity contribution in [3.05, 3.63) is 65.2 Å². The minimum Gasteiger partial charge on any atom is -0.484 e. The molecule has 1 heterocycles. The number of rotatable bonds is 9. The number of oxime groups is 1. The molecule has 8 heteroatoms. The number of carbonyl (C=O) groups is 2. The highest BCUT2D eigenvalue weighted by Gasteiger charge is 2.23. The molecule has 0 spiro atoms. The number of aryl methyl sites for hydroxylation is 1. The van der Waals surface area contributed by atoms with E-state index >= 15 is 0 Å². The van der Waals surface area contributed by atoms with E-state index in [1.165, 1.54) is 5.56 Å². The van der Waals surface area contributed by atoms with E-state index in [-0.39, 0.29) is 18.4 Å². The molecule has 0 unspecified atom stereocenters. The average Bonchev–Trinajstić information content (AvgIpc) is 2.86. The molecule has 176 valence electrons. The zero-order valence-corrected chi connectivity index (χ0v) is 19.2. The molecule has 2 amide bonds. The zero-order valence-electron chi connectivity index (χ0n) is 19.2. The maximum absolute atomic E-state index is 12.4. The highest BCUT2D eigenvalue weighted by molar-refractivity contribution is 6.00. The van der Waals surface area contributed by atoms with Crippen LogP contribution in [0.1, 0.15) is 30.0 Å². The van der Waals surface area contributed by atoms with Crippen LogP contribution in [-0.2, 0) is 21.0 Å². The Morgan fingerprint density at radius 3 is 2.21 bits per heavy atom. The van der Waals surface area contributed by atoms with E-state index in [9.17, 15) is 9.59 Å². The number of ether oxygens (including phenoxy) is 1. The van der Waals surface area contributed by atoms with Crippen molar-refractivity contribution in [2.45, 2.75) is 26.9 Å². The Balaban J connectivity index is 1.48. The second-order valence-electron chi connectivity index (χ2n) is 7.82. The van der Waals surface area contributed by atoms with Crippen molar-refractivity contribution in [3.8, 4) is 5.75 Å². The van der Waals surface area contributed by atoms with Gasteiger partial charge in [0.05, 0.1) is 5.71 Å². The van der Waals surface area contributed by atoms with Crippen molar-refractivity contribution in [2.75, 3.05) is 39.4 Å². The van der Waals surface area contributed by atoms with Gasteiger partial charge in [-0.05, 0) is 54.3 Å². The van der Waals surface area contributed by atoms with E-state index in [4.69, 9.17) is 14.7 Å². The Morgan fingerprint density at radius 2 is 1.61 bits per heavy atom. The fourth-order valence-corrected chi connectivity index (χ4v) is 3.56. The number of hydrogen-bond acceptors (Lipinski definition) is 6. The monoisotopic (exact) mass is 453 g/mol. The minimum atomic E-state index is -0.504. The van der Waals surface area contributed by atoms with E-state index in [0.29, 0.717) is 38.5 Å². The molecular weight excluding hydrogens is 422 g/mol. The molecule has 3 rings (SSSR count). The molecule has 0 bridgehead atoms. The summed E-state index contributed by atoms with van der Waals surface area (Å²) in [7, 11) is 0. The van der Waals surface area contributed by atoms with Crippen LogP contribution in [0.15, 0.2) is 53.7 Å². The first-order chi connectivity index (χ1) is 16.0. The van der Waals surface area contributed by atoms with Crippen molar-refractivity contribution in [1.82, 2.24) is 9.80 Å². The molecular formula is C25H31N3O5. The number of nitrogens with zero attached hydrogens (tertiary/aromatic N) is 3. The van der Waals surface area contributed by atoms with Gasteiger partial charge in [0.2, 0.25) is 5.91 Å². The third-order valence-electron chi connectivity index (χ3n) is 5.66. The lowest BCUT2D eigenvalue weighted by atomic mass is 10.1. The van der Waals surface area contributed by atoms with Gasteiger partial charge in [0.25, 0.3) is 5.91 Å². The van der Waals surface area contributed by atoms with Crippen LogP contribution in [0.25, 0.3) is 0 Å². The predicted octanol–water partition coefficient (Wildman–Crippen LogP) is 2.37. The smallest absolute Gasteiger partial charge is 0.260 e. The third kappa shape index (κ3) is 6.79. The lowest BCUT2D eigenvalue weighted by Crippen LogP contribution is -2.52. The summed E-state index contributed by atoms with van der Waals surface area (Å²) < 4.78 is 5.65. The first-order valence-corrected chi connectivity index (χ1v) is 11.1. The molecule has 1 aliphatic heterocycles. The number of benzene rings is 2. The van der Waals surface area contributed by atoms with E-state index in [1.54, 1.807) is 9.80 Å². The van der Waals surface area contributed by atoms with Crippen molar-refractivity contribution in [2.24, 2.45) is 5.16 Å². The van der Waals surface area contributed by atoms with Gasteiger partial charge in [-0.2, -0.15) is 0 Å². The number of amides is 2. The van der Waals surface area contributed by atoms with Crippen molar-refractivity contribution in [3.63, 3.8) is 0 Å². The van der Waals surface area contributed by atoms with Crippen LogP contribution >= 0.6 is 0 Å². The second-order valence-corrected chi connectivity index (χ2v) is 7.82. The minimum absolute atomic E-state index is 0.0679. The highest BCUT2D eigenvalue weighted by atomic mass is 16.6. The maximum Gasteiger partial charge on any atom is 0.260 e. The Morgan fingerprint density at radius 1 is 0.970 bits per heavy atom. The highest BCUT2D eigenvalue weighted by Crippen LogP contribution is 2.15. The lowest BCUT2D eigenvalue weighted by molar-refractivity contribution is -0.142. The lowest BCUT2D eigenvalue weighted by Gasteiger charge is -2.34. The molecule has 1 fully saturated rings. The third-order valence-corrected chi connectivity index (χ3v) is 5.66. The Labute approximate surface area is 194 Å². The summed E-state index contributed by atoms with van der Waals surface area (Å²) in [4.78, 5) is 32.7. The summed E-state index contributed by atoms with van der Waals surface area (Å²) >= 11 is 0. The molecule has 2 aromatic rings. The normalized spacial score (nSPS) is 14.2. The predicted molar refractivity (Wildman–Crippen MR) is 125 cm³/mol. The summed E-state index contributed by atoms with van der Waals surface area (Å²) in [5.41, 5.74) is 4.04. The van der Waals surface area contributed by atoms with Crippen LogP contribution in [0.2, 0.25) is 0 Å². The van der Waals surface area contributed by atoms with Crippen molar-refractivity contribution < 1.29 is 24.3 Å². The van der Waals surface area contributed by atoms with E-state index < -0.39 is 6.61 Å². The van der Waals surface area contributed by atoms with Gasteiger partial charge in [0, 0.05) is 26.2 Å². The Bertz CT molecular complexity index is 966. The molecule has 1 saturated heterocycles. The van der Waals surface area contributed by atoms with Crippen molar-refractivity contribution in [1.29, 1.82) is 0 Å². The largest absolute Gasteiger partial charge is 0.484 e. The van der Waals surface area contributed by atoms with E-state index in [1.807, 2.05) is 62.4 Å². The quantitative estimate of drug-likeness (QED) is 0.465. The zero-order chi connectivity index (χ0) is 23.6. The van der Waals surface area contributed by atoms with Gasteiger partial charge >= 0.3 is 0 Å². The topological polar surface area (TPSA) is 91.7 Å². The number of hydrogen-bond donors (Lipinski definition) is 1. The maximum atomic E-state index is 12.4. The fraction of sp³-hybridized carbons (Fsp3) is 0.400. The molecule has 0 saturated carbocycles.